The molecular weight excluding hydrogens is 362 g/mol. The third-order valence-electron chi connectivity index (χ3n) is 4.73. The van der Waals surface area contributed by atoms with Crippen molar-refractivity contribution in [3.63, 3.8) is 0 Å². The topological polar surface area (TPSA) is 71.5 Å². The summed E-state index contributed by atoms with van der Waals surface area (Å²) in [5.41, 5.74) is 2.15. The molecule has 140 valence electrons. The van der Waals surface area contributed by atoms with Gasteiger partial charge in [-0.25, -0.2) is 4.98 Å². The van der Waals surface area contributed by atoms with Gasteiger partial charge < -0.3 is 15.0 Å². The van der Waals surface area contributed by atoms with E-state index in [0.29, 0.717) is 29.5 Å². The third-order valence-corrected chi connectivity index (χ3v) is 5.80. The number of fused-ring (bicyclic) bond motifs is 2. The summed E-state index contributed by atoms with van der Waals surface area (Å²) in [6, 6.07) is 9.24. The molecule has 2 aromatic rings. The van der Waals surface area contributed by atoms with Crippen LogP contribution in [-0.4, -0.2) is 36.1 Å². The van der Waals surface area contributed by atoms with Gasteiger partial charge in [-0.2, -0.15) is 0 Å². The zero-order valence-corrected chi connectivity index (χ0v) is 16.1. The van der Waals surface area contributed by atoms with Crippen molar-refractivity contribution in [2.24, 2.45) is 5.92 Å². The number of hydrogen-bond donors (Lipinski definition) is 1. The summed E-state index contributed by atoms with van der Waals surface area (Å²) >= 11 is 1.45. The zero-order valence-electron chi connectivity index (χ0n) is 15.3. The fraction of sp³-hybridized carbons (Fsp3) is 0.350. The van der Waals surface area contributed by atoms with Crippen molar-refractivity contribution in [2.45, 2.75) is 36.2 Å². The number of hydrogen-bond acceptors (Lipinski definition) is 5. The number of pyridine rings is 1. The SMILES string of the molecule is CC(C)N1C(=O)c2cccnc2Sc2cc(NC(=O)[C@H]3CCOC3)ccc21. The first-order valence-corrected chi connectivity index (χ1v) is 9.85. The van der Waals surface area contributed by atoms with E-state index < -0.39 is 0 Å². The molecule has 0 aliphatic carbocycles. The summed E-state index contributed by atoms with van der Waals surface area (Å²) in [4.78, 5) is 32.5. The zero-order chi connectivity index (χ0) is 19.0. The Bertz CT molecular complexity index is 894. The molecule has 1 aromatic carbocycles. The predicted molar refractivity (Wildman–Crippen MR) is 104 cm³/mol. The van der Waals surface area contributed by atoms with Gasteiger partial charge in [-0.1, -0.05) is 11.8 Å². The Hall–Kier alpha value is -2.38. The lowest BCUT2D eigenvalue weighted by molar-refractivity contribution is -0.119. The van der Waals surface area contributed by atoms with Gasteiger partial charge in [-0.3, -0.25) is 9.59 Å². The predicted octanol–water partition coefficient (Wildman–Crippen LogP) is 3.58. The maximum Gasteiger partial charge on any atom is 0.261 e. The molecule has 1 fully saturated rings. The lowest BCUT2D eigenvalue weighted by Gasteiger charge is -2.27. The van der Waals surface area contributed by atoms with Crippen LogP contribution in [0.1, 0.15) is 30.6 Å². The number of rotatable bonds is 3. The van der Waals surface area contributed by atoms with Crippen molar-refractivity contribution in [1.82, 2.24) is 4.98 Å². The Kier molecular flexibility index (Phi) is 4.88. The summed E-state index contributed by atoms with van der Waals surface area (Å²) < 4.78 is 5.30. The number of benzene rings is 1. The van der Waals surface area contributed by atoms with Crippen molar-refractivity contribution in [1.29, 1.82) is 0 Å². The standard InChI is InChI=1S/C20H21N3O3S/c1-12(2)23-16-6-5-14(22-18(24)13-7-9-26-11-13)10-17(16)27-19-15(20(23)25)4-3-8-21-19/h3-6,8,10,12-13H,7,9,11H2,1-2H3,(H,22,24)/t13-/m0/s1. The van der Waals surface area contributed by atoms with Gasteiger partial charge in [0.25, 0.3) is 5.91 Å². The summed E-state index contributed by atoms with van der Waals surface area (Å²) in [6.07, 6.45) is 2.44. The van der Waals surface area contributed by atoms with Crippen molar-refractivity contribution in [2.75, 3.05) is 23.4 Å². The Labute approximate surface area is 162 Å². The quantitative estimate of drug-likeness (QED) is 0.877. The van der Waals surface area contributed by atoms with E-state index in [1.54, 1.807) is 17.2 Å². The number of nitrogens with zero attached hydrogens (tertiary/aromatic N) is 2. The molecule has 6 nitrogen and oxygen atoms in total. The molecule has 0 spiro atoms. The minimum absolute atomic E-state index is 0.000847. The molecule has 1 N–H and O–H groups in total. The molecule has 1 saturated heterocycles. The molecule has 0 saturated carbocycles. The second-order valence-electron chi connectivity index (χ2n) is 6.96. The van der Waals surface area contributed by atoms with Crippen molar-refractivity contribution < 1.29 is 14.3 Å². The maximum absolute atomic E-state index is 13.1. The van der Waals surface area contributed by atoms with E-state index in [2.05, 4.69) is 10.3 Å². The highest BCUT2D eigenvalue weighted by Crippen LogP contribution is 2.42. The highest BCUT2D eigenvalue weighted by Gasteiger charge is 2.30. The van der Waals surface area contributed by atoms with E-state index >= 15 is 0 Å². The van der Waals surface area contributed by atoms with Gasteiger partial charge in [0, 0.05) is 29.4 Å². The van der Waals surface area contributed by atoms with Gasteiger partial charge in [-0.15, -0.1) is 0 Å². The highest BCUT2D eigenvalue weighted by atomic mass is 32.2. The molecule has 3 heterocycles. The van der Waals surface area contributed by atoms with E-state index in [4.69, 9.17) is 4.74 Å². The number of carbonyl (C=O) groups is 2. The lowest BCUT2D eigenvalue weighted by atomic mass is 10.1. The first-order chi connectivity index (χ1) is 13.0. The van der Waals surface area contributed by atoms with Gasteiger partial charge in [0.2, 0.25) is 5.91 Å². The van der Waals surface area contributed by atoms with Crippen LogP contribution in [0.4, 0.5) is 11.4 Å². The van der Waals surface area contributed by atoms with Gasteiger partial charge in [0.15, 0.2) is 0 Å². The van der Waals surface area contributed by atoms with Gasteiger partial charge >= 0.3 is 0 Å². The molecule has 0 bridgehead atoms. The molecular formula is C20H21N3O3S. The molecule has 0 unspecified atom stereocenters. The van der Waals surface area contributed by atoms with Crippen LogP contribution in [0, 0.1) is 5.92 Å². The van der Waals surface area contributed by atoms with Gasteiger partial charge in [0.1, 0.15) is 5.03 Å². The maximum atomic E-state index is 13.1. The van der Waals surface area contributed by atoms with Crippen LogP contribution < -0.4 is 10.2 Å². The molecule has 1 aromatic heterocycles. The minimum atomic E-state index is -0.104. The van der Waals surface area contributed by atoms with Crippen LogP contribution >= 0.6 is 11.8 Å². The number of nitrogens with one attached hydrogen (secondary N) is 1. The molecule has 1 atom stereocenters. The fourth-order valence-corrected chi connectivity index (χ4v) is 4.39. The van der Waals surface area contributed by atoms with Crippen LogP contribution in [-0.2, 0) is 9.53 Å². The summed E-state index contributed by atoms with van der Waals surface area (Å²) in [5.74, 6) is -0.187. The van der Waals surface area contributed by atoms with E-state index in [-0.39, 0.29) is 23.8 Å². The minimum Gasteiger partial charge on any atom is -0.381 e. The summed E-state index contributed by atoms with van der Waals surface area (Å²) in [6.45, 7) is 5.08. The van der Waals surface area contributed by atoms with E-state index in [1.807, 2.05) is 38.1 Å². The average Bonchev–Trinajstić information content (AvgIpc) is 3.15. The Balaban J connectivity index is 1.70. The average molecular weight is 383 g/mol. The number of amides is 2. The van der Waals surface area contributed by atoms with E-state index in [0.717, 1.165) is 17.0 Å². The summed E-state index contributed by atoms with van der Waals surface area (Å²) in [5, 5.41) is 3.66. The monoisotopic (exact) mass is 383 g/mol. The number of ether oxygens (including phenoxy) is 1. The van der Waals surface area contributed by atoms with Crippen LogP contribution in [0.25, 0.3) is 0 Å². The number of aromatic nitrogens is 1. The Morgan fingerprint density at radius 2 is 2.22 bits per heavy atom. The first-order valence-electron chi connectivity index (χ1n) is 9.03. The Morgan fingerprint density at radius 1 is 1.37 bits per heavy atom. The number of carbonyl (C=O) groups excluding carboxylic acids is 2. The molecule has 2 aliphatic rings. The second kappa shape index (κ2) is 7.32. The fourth-order valence-electron chi connectivity index (χ4n) is 3.35. The van der Waals surface area contributed by atoms with Crippen LogP contribution in [0.2, 0.25) is 0 Å². The van der Waals surface area contributed by atoms with E-state index in [9.17, 15) is 9.59 Å². The van der Waals surface area contributed by atoms with Gasteiger partial charge in [0.05, 0.1) is 23.8 Å². The molecule has 0 radical (unpaired) electrons. The molecule has 4 rings (SSSR count). The molecule has 7 heteroatoms. The van der Waals surface area contributed by atoms with Crippen molar-refractivity contribution >= 4 is 35.0 Å². The molecule has 2 amide bonds. The molecule has 27 heavy (non-hydrogen) atoms. The lowest BCUT2D eigenvalue weighted by Crippen LogP contribution is -2.37. The largest absolute Gasteiger partial charge is 0.381 e. The van der Waals surface area contributed by atoms with Crippen LogP contribution in [0.5, 0.6) is 0 Å². The number of anilines is 2. The van der Waals surface area contributed by atoms with E-state index in [1.165, 1.54) is 11.8 Å². The van der Waals surface area contributed by atoms with Crippen molar-refractivity contribution in [3.05, 3.63) is 42.1 Å². The van der Waals surface area contributed by atoms with Crippen molar-refractivity contribution in [3.8, 4) is 0 Å². The highest BCUT2D eigenvalue weighted by molar-refractivity contribution is 7.99. The smallest absolute Gasteiger partial charge is 0.261 e. The normalized spacial score (nSPS) is 18.9. The summed E-state index contributed by atoms with van der Waals surface area (Å²) in [7, 11) is 0. The van der Waals surface area contributed by atoms with Gasteiger partial charge in [-0.05, 0) is 50.6 Å². The third kappa shape index (κ3) is 3.44. The Morgan fingerprint density at radius 3 is 2.96 bits per heavy atom. The van der Waals surface area contributed by atoms with Crippen LogP contribution in [0.15, 0.2) is 46.5 Å². The second-order valence-corrected chi connectivity index (χ2v) is 7.99. The first kappa shape index (κ1) is 18.0. The van der Waals surface area contributed by atoms with Crippen LogP contribution in [0.3, 0.4) is 0 Å². The molecule has 2 aliphatic heterocycles.